The van der Waals surface area contributed by atoms with Gasteiger partial charge >= 0.3 is 0 Å². The van der Waals surface area contributed by atoms with Gasteiger partial charge in [-0.25, -0.2) is 0 Å². The Labute approximate surface area is 146 Å². The number of aryl methyl sites for hydroxylation is 1. The molecule has 25 heavy (non-hydrogen) atoms. The summed E-state index contributed by atoms with van der Waals surface area (Å²) < 4.78 is 0. The molecule has 0 bridgehead atoms. The van der Waals surface area contributed by atoms with E-state index in [4.69, 9.17) is 5.11 Å². The third-order valence-electron chi connectivity index (χ3n) is 3.77. The molecular weight excluding hydrogens is 322 g/mol. The van der Waals surface area contributed by atoms with E-state index in [0.717, 1.165) is 10.5 Å². The largest absolute Gasteiger partial charge is 0.395 e. The predicted octanol–water partition coefficient (Wildman–Crippen LogP) is 1.04. The number of rotatable bonds is 7. The number of benzene rings is 1. The van der Waals surface area contributed by atoms with Crippen LogP contribution in [0.4, 0.5) is 5.69 Å². The topological polar surface area (TPSA) is 98.7 Å². The van der Waals surface area contributed by atoms with Crippen LogP contribution in [-0.4, -0.2) is 47.4 Å². The van der Waals surface area contributed by atoms with Crippen molar-refractivity contribution in [1.29, 1.82) is 0 Å². The van der Waals surface area contributed by atoms with Gasteiger partial charge in [0.05, 0.1) is 13.2 Å². The highest BCUT2D eigenvalue weighted by molar-refractivity contribution is 6.17. The molecule has 1 heterocycles. The Bertz CT molecular complexity index is 725. The van der Waals surface area contributed by atoms with Gasteiger partial charge in [0.25, 0.3) is 17.7 Å². The molecule has 1 aromatic rings. The van der Waals surface area contributed by atoms with Gasteiger partial charge in [0.15, 0.2) is 0 Å². The van der Waals surface area contributed by atoms with Gasteiger partial charge in [0, 0.05) is 23.9 Å². The Hall–Kier alpha value is -2.67. The van der Waals surface area contributed by atoms with Gasteiger partial charge in [0.1, 0.15) is 5.70 Å². The molecule has 3 N–H and O–H groups in total. The maximum atomic E-state index is 12.2. The van der Waals surface area contributed by atoms with E-state index in [1.807, 2.05) is 20.8 Å². The summed E-state index contributed by atoms with van der Waals surface area (Å²) in [6, 6.07) is 5.14. The van der Waals surface area contributed by atoms with E-state index in [2.05, 4.69) is 10.6 Å². The number of carbonyl (C=O) groups is 3. The van der Waals surface area contributed by atoms with Crippen LogP contribution in [0, 0.1) is 12.8 Å². The molecule has 0 unspecified atom stereocenters. The van der Waals surface area contributed by atoms with Gasteiger partial charge in [-0.05, 0) is 30.5 Å². The van der Waals surface area contributed by atoms with E-state index in [1.165, 1.54) is 6.08 Å². The first-order valence-electron chi connectivity index (χ1n) is 8.17. The molecule has 1 aliphatic rings. The number of nitrogens with zero attached hydrogens (tertiary/aromatic N) is 1. The first-order valence-corrected chi connectivity index (χ1v) is 8.17. The fraction of sp³-hybridized carbons (Fsp3) is 0.389. The van der Waals surface area contributed by atoms with Crippen LogP contribution in [0.2, 0.25) is 0 Å². The molecule has 0 aliphatic carbocycles. The quantitative estimate of drug-likeness (QED) is 0.641. The Balaban J connectivity index is 2.16. The van der Waals surface area contributed by atoms with Gasteiger partial charge in [-0.2, -0.15) is 0 Å². The molecule has 0 saturated carbocycles. The van der Waals surface area contributed by atoms with Crippen molar-refractivity contribution >= 4 is 23.4 Å². The first kappa shape index (κ1) is 18.7. The van der Waals surface area contributed by atoms with Crippen LogP contribution in [0.3, 0.4) is 0 Å². The number of amides is 3. The van der Waals surface area contributed by atoms with Crippen molar-refractivity contribution < 1.29 is 19.5 Å². The average molecular weight is 345 g/mol. The number of hydrogen-bond acceptors (Lipinski definition) is 5. The van der Waals surface area contributed by atoms with Crippen LogP contribution < -0.4 is 10.6 Å². The number of nitrogens with one attached hydrogen (secondary N) is 2. The van der Waals surface area contributed by atoms with Crippen LogP contribution >= 0.6 is 0 Å². The summed E-state index contributed by atoms with van der Waals surface area (Å²) >= 11 is 0. The lowest BCUT2D eigenvalue weighted by atomic mass is 10.1. The first-order chi connectivity index (χ1) is 11.8. The fourth-order valence-corrected chi connectivity index (χ4v) is 2.35. The average Bonchev–Trinajstić information content (AvgIpc) is 2.82. The summed E-state index contributed by atoms with van der Waals surface area (Å²) in [6.07, 6.45) is 1.20. The lowest BCUT2D eigenvalue weighted by Crippen LogP contribution is -2.34. The number of aliphatic hydroxyl groups is 1. The van der Waals surface area contributed by atoms with Crippen LogP contribution in [0.15, 0.2) is 30.0 Å². The minimum absolute atomic E-state index is 0.0457. The Morgan fingerprint density at radius 1 is 1.28 bits per heavy atom. The Morgan fingerprint density at radius 2 is 2.00 bits per heavy atom. The predicted molar refractivity (Wildman–Crippen MR) is 93.9 cm³/mol. The van der Waals surface area contributed by atoms with E-state index in [1.54, 1.807) is 18.2 Å². The molecule has 7 heteroatoms. The van der Waals surface area contributed by atoms with Gasteiger partial charge in [-0.15, -0.1) is 0 Å². The van der Waals surface area contributed by atoms with Crippen molar-refractivity contribution in [2.75, 3.05) is 25.0 Å². The molecule has 1 aromatic carbocycles. The van der Waals surface area contributed by atoms with Crippen LogP contribution in [0.1, 0.15) is 29.8 Å². The molecule has 0 fully saturated rings. The molecule has 0 spiro atoms. The normalized spacial score (nSPS) is 14.1. The van der Waals surface area contributed by atoms with E-state index in [9.17, 15) is 14.4 Å². The maximum Gasteiger partial charge on any atom is 0.277 e. The molecule has 0 atom stereocenters. The highest BCUT2D eigenvalue weighted by Gasteiger charge is 2.30. The third-order valence-corrected chi connectivity index (χ3v) is 3.77. The van der Waals surface area contributed by atoms with Gasteiger partial charge in [0.2, 0.25) is 0 Å². The molecule has 134 valence electrons. The van der Waals surface area contributed by atoms with E-state index in [0.29, 0.717) is 23.7 Å². The Kier molecular flexibility index (Phi) is 5.93. The van der Waals surface area contributed by atoms with Gasteiger partial charge in [-0.1, -0.05) is 19.9 Å². The molecule has 3 amide bonds. The molecule has 0 aromatic heterocycles. The van der Waals surface area contributed by atoms with Crippen LogP contribution in [0.5, 0.6) is 0 Å². The van der Waals surface area contributed by atoms with E-state index < -0.39 is 11.8 Å². The smallest absolute Gasteiger partial charge is 0.277 e. The molecule has 2 rings (SSSR count). The molecule has 1 aliphatic heterocycles. The molecule has 7 nitrogen and oxygen atoms in total. The lowest BCUT2D eigenvalue weighted by Gasteiger charge is -2.15. The third kappa shape index (κ3) is 4.45. The van der Waals surface area contributed by atoms with Crippen LogP contribution in [-0.2, 0) is 9.59 Å². The highest BCUT2D eigenvalue weighted by atomic mass is 16.3. The minimum Gasteiger partial charge on any atom is -0.395 e. The second-order valence-corrected chi connectivity index (χ2v) is 6.34. The highest BCUT2D eigenvalue weighted by Crippen LogP contribution is 2.22. The minimum atomic E-state index is -0.492. The molecular formula is C18H23N3O4. The van der Waals surface area contributed by atoms with Crippen LogP contribution in [0.25, 0.3) is 0 Å². The summed E-state index contributed by atoms with van der Waals surface area (Å²) in [5, 5.41) is 14.7. The summed E-state index contributed by atoms with van der Waals surface area (Å²) in [4.78, 5) is 37.2. The standard InChI is InChI=1S/C18H23N3O4/c1-11(2)10-19-17(24)13-5-4-12(3)14(8-13)20-15-9-16(23)21(6-7-22)18(15)25/h4-5,8-9,11,20,22H,6-7,10H2,1-3H3,(H,19,24). The zero-order chi connectivity index (χ0) is 18.6. The van der Waals surface area contributed by atoms with Crippen molar-refractivity contribution in [1.82, 2.24) is 10.2 Å². The number of hydrogen-bond donors (Lipinski definition) is 3. The monoisotopic (exact) mass is 345 g/mol. The Morgan fingerprint density at radius 3 is 2.64 bits per heavy atom. The van der Waals surface area contributed by atoms with Crippen molar-refractivity contribution in [3.8, 4) is 0 Å². The number of imide groups is 1. The number of carbonyl (C=O) groups excluding carboxylic acids is 3. The zero-order valence-corrected chi connectivity index (χ0v) is 14.6. The zero-order valence-electron chi connectivity index (χ0n) is 14.6. The summed E-state index contributed by atoms with van der Waals surface area (Å²) in [7, 11) is 0. The van der Waals surface area contributed by atoms with Gasteiger partial charge in [-0.3, -0.25) is 19.3 Å². The van der Waals surface area contributed by atoms with Gasteiger partial charge < -0.3 is 15.7 Å². The SMILES string of the molecule is Cc1ccc(C(=O)NCC(C)C)cc1NC1=CC(=O)N(CCO)C1=O. The second-order valence-electron chi connectivity index (χ2n) is 6.34. The van der Waals surface area contributed by atoms with Crippen molar-refractivity contribution in [3.63, 3.8) is 0 Å². The number of β-amino-alcohol motifs (C(OH)–C–C–N with tert-alkyl or cyclic N) is 1. The second kappa shape index (κ2) is 7.94. The summed E-state index contributed by atoms with van der Waals surface area (Å²) in [6.45, 7) is 6.10. The lowest BCUT2D eigenvalue weighted by molar-refractivity contribution is -0.137. The van der Waals surface area contributed by atoms with Crippen molar-refractivity contribution in [2.45, 2.75) is 20.8 Å². The summed E-state index contributed by atoms with van der Waals surface area (Å²) in [5.74, 6) is -0.809. The summed E-state index contributed by atoms with van der Waals surface area (Å²) in [5.41, 5.74) is 2.01. The fourth-order valence-electron chi connectivity index (χ4n) is 2.35. The van der Waals surface area contributed by atoms with E-state index >= 15 is 0 Å². The van der Waals surface area contributed by atoms with E-state index in [-0.39, 0.29) is 24.8 Å². The molecule has 0 radical (unpaired) electrons. The number of aliphatic hydroxyl groups excluding tert-OH is 1. The maximum absolute atomic E-state index is 12.2. The number of anilines is 1. The van der Waals surface area contributed by atoms with Crippen molar-refractivity contribution in [3.05, 3.63) is 41.1 Å². The molecule has 0 saturated heterocycles. The van der Waals surface area contributed by atoms with Crippen molar-refractivity contribution in [2.24, 2.45) is 5.92 Å².